The number of hydrogen-bond acceptors (Lipinski definition) is 5. The van der Waals surface area contributed by atoms with Crippen LogP contribution in [0.2, 0.25) is 0 Å². The summed E-state index contributed by atoms with van der Waals surface area (Å²) in [6, 6.07) is 4.26. The molecule has 0 amide bonds. The van der Waals surface area contributed by atoms with Gasteiger partial charge in [-0.1, -0.05) is 5.16 Å². The highest BCUT2D eigenvalue weighted by Crippen LogP contribution is 2.27. The van der Waals surface area contributed by atoms with Crippen LogP contribution in [-0.2, 0) is 4.94 Å². The Balaban J connectivity index is 2.34. The van der Waals surface area contributed by atoms with Crippen molar-refractivity contribution < 1.29 is 14.5 Å². The van der Waals surface area contributed by atoms with Crippen molar-refractivity contribution in [3.63, 3.8) is 0 Å². The number of nitrogens with one attached hydrogen (secondary N) is 1. The second kappa shape index (κ2) is 4.60. The summed E-state index contributed by atoms with van der Waals surface area (Å²) in [5.74, 6) is -0.523. The molecule has 8 heteroatoms. The van der Waals surface area contributed by atoms with Crippen molar-refractivity contribution in [2.45, 2.75) is 0 Å². The molecule has 4 N–H and O–H groups in total. The molecule has 1 heterocycles. The van der Waals surface area contributed by atoms with E-state index in [2.05, 4.69) is 26.6 Å². The minimum absolute atomic E-state index is 0.129. The molecule has 0 fully saturated rings. The van der Waals surface area contributed by atoms with E-state index in [9.17, 15) is 4.39 Å². The number of anilines is 1. The lowest BCUT2D eigenvalue weighted by molar-refractivity contribution is 0.0870. The predicted octanol–water partition coefficient (Wildman–Crippen LogP) is 1.43. The molecule has 1 aliphatic rings. The number of nitrogens with zero attached hydrogens (tertiary/aromatic N) is 2. The van der Waals surface area contributed by atoms with Crippen LogP contribution in [0.4, 0.5) is 10.1 Å². The Morgan fingerprint density at radius 1 is 1.59 bits per heavy atom. The number of amidine groups is 1. The summed E-state index contributed by atoms with van der Waals surface area (Å²) in [4.78, 5) is 5.04. The Morgan fingerprint density at radius 2 is 2.35 bits per heavy atom. The number of oxime groups is 1. The maximum atomic E-state index is 13.1. The lowest BCUT2D eigenvalue weighted by Gasteiger charge is -2.18. The molecule has 0 saturated carbocycles. The maximum absolute atomic E-state index is 13.1. The molecule has 0 unspecified atom stereocenters. The summed E-state index contributed by atoms with van der Waals surface area (Å²) in [6.45, 7) is 0. The molecular formula is C9H8BrFN4O2. The van der Waals surface area contributed by atoms with Crippen LogP contribution in [0, 0.1) is 5.82 Å². The van der Waals surface area contributed by atoms with E-state index in [1.807, 2.05) is 0 Å². The number of hydroxylamine groups is 2. The van der Waals surface area contributed by atoms with Gasteiger partial charge in [-0.25, -0.2) is 9.87 Å². The summed E-state index contributed by atoms with van der Waals surface area (Å²) in [6.07, 6.45) is 1.41. The Bertz CT molecular complexity index is 506. The van der Waals surface area contributed by atoms with Gasteiger partial charge in [-0.2, -0.15) is 10.0 Å². The van der Waals surface area contributed by atoms with Crippen molar-refractivity contribution in [3.05, 3.63) is 40.4 Å². The quantitative estimate of drug-likeness (QED) is 0.333. The number of rotatable bonds is 2. The Morgan fingerprint density at radius 3 is 3.00 bits per heavy atom. The molecule has 0 radical (unpaired) electrons. The first-order valence-electron chi connectivity index (χ1n) is 4.49. The van der Waals surface area contributed by atoms with Crippen LogP contribution in [0.5, 0.6) is 0 Å². The normalized spacial score (nSPS) is 15.8. The fourth-order valence-corrected chi connectivity index (χ4v) is 1.64. The summed E-state index contributed by atoms with van der Waals surface area (Å²) >= 11 is 3.06. The first-order chi connectivity index (χ1) is 8.13. The van der Waals surface area contributed by atoms with Crippen molar-refractivity contribution in [1.82, 2.24) is 5.48 Å². The van der Waals surface area contributed by atoms with E-state index < -0.39 is 5.82 Å². The first kappa shape index (κ1) is 11.7. The van der Waals surface area contributed by atoms with Gasteiger partial charge in [0, 0.05) is 0 Å². The van der Waals surface area contributed by atoms with Gasteiger partial charge in [0.2, 0.25) is 0 Å². The second-order valence-electron chi connectivity index (χ2n) is 3.12. The largest absolute Gasteiger partial charge is 0.409 e. The topological polar surface area (TPSA) is 83.1 Å². The Kier molecular flexibility index (Phi) is 3.16. The highest BCUT2D eigenvalue weighted by molar-refractivity contribution is 9.10. The molecule has 1 aromatic carbocycles. The van der Waals surface area contributed by atoms with E-state index in [4.69, 9.17) is 15.9 Å². The van der Waals surface area contributed by atoms with E-state index in [-0.39, 0.29) is 10.3 Å². The molecule has 2 rings (SSSR count). The van der Waals surface area contributed by atoms with Crippen LogP contribution in [0.3, 0.4) is 0 Å². The van der Waals surface area contributed by atoms with Crippen molar-refractivity contribution in [1.29, 1.82) is 0 Å². The average Bonchev–Trinajstić information content (AvgIpc) is 2.80. The molecule has 1 aromatic rings. The molecular weight excluding hydrogens is 295 g/mol. The lowest BCUT2D eigenvalue weighted by Crippen LogP contribution is -2.28. The third-order valence-electron chi connectivity index (χ3n) is 2.07. The maximum Gasteiger partial charge on any atom is 0.190 e. The number of benzene rings is 1. The summed E-state index contributed by atoms with van der Waals surface area (Å²) in [5, 5.41) is 12.7. The zero-order valence-corrected chi connectivity index (χ0v) is 9.98. The van der Waals surface area contributed by atoms with Gasteiger partial charge >= 0.3 is 0 Å². The monoisotopic (exact) mass is 302 g/mol. The zero-order chi connectivity index (χ0) is 12.4. The van der Waals surface area contributed by atoms with E-state index in [1.54, 1.807) is 0 Å². The van der Waals surface area contributed by atoms with Gasteiger partial charge in [0.05, 0.1) is 16.4 Å². The number of nitrogens with two attached hydrogens (primary N) is 1. The molecule has 17 heavy (non-hydrogen) atoms. The van der Waals surface area contributed by atoms with E-state index in [1.165, 1.54) is 29.5 Å². The molecule has 0 atom stereocenters. The smallest absolute Gasteiger partial charge is 0.190 e. The molecule has 0 saturated heterocycles. The number of hydrogen-bond donors (Lipinski definition) is 3. The van der Waals surface area contributed by atoms with Crippen LogP contribution >= 0.6 is 15.9 Å². The van der Waals surface area contributed by atoms with Crippen LogP contribution in [0.15, 0.2) is 39.7 Å². The molecule has 90 valence electrons. The first-order valence-corrected chi connectivity index (χ1v) is 5.28. The van der Waals surface area contributed by atoms with Crippen LogP contribution in [-0.4, -0.2) is 11.0 Å². The van der Waals surface area contributed by atoms with Crippen molar-refractivity contribution in [2.24, 2.45) is 10.9 Å². The van der Waals surface area contributed by atoms with Crippen molar-refractivity contribution in [2.75, 3.05) is 5.06 Å². The second-order valence-corrected chi connectivity index (χ2v) is 3.97. The van der Waals surface area contributed by atoms with Gasteiger partial charge in [-0.05, 0) is 34.1 Å². The van der Waals surface area contributed by atoms with E-state index in [0.717, 1.165) is 0 Å². The van der Waals surface area contributed by atoms with Gasteiger partial charge in [0.15, 0.2) is 5.84 Å². The highest BCUT2D eigenvalue weighted by atomic mass is 79.9. The Hall–Kier alpha value is -1.80. The Labute approximate surface area is 104 Å². The summed E-state index contributed by atoms with van der Waals surface area (Å²) in [5.41, 5.74) is 8.74. The van der Waals surface area contributed by atoms with Crippen molar-refractivity contribution in [3.8, 4) is 0 Å². The van der Waals surface area contributed by atoms with Gasteiger partial charge in [0.25, 0.3) is 0 Å². The average molecular weight is 303 g/mol. The molecule has 0 bridgehead atoms. The third kappa shape index (κ3) is 2.17. The van der Waals surface area contributed by atoms with Gasteiger partial charge < -0.3 is 10.9 Å². The summed E-state index contributed by atoms with van der Waals surface area (Å²) in [7, 11) is 0. The van der Waals surface area contributed by atoms with Crippen LogP contribution in [0.1, 0.15) is 0 Å². The zero-order valence-electron chi connectivity index (χ0n) is 8.39. The van der Waals surface area contributed by atoms with E-state index in [0.29, 0.717) is 11.4 Å². The minimum Gasteiger partial charge on any atom is -0.409 e. The fourth-order valence-electron chi connectivity index (χ4n) is 1.28. The van der Waals surface area contributed by atoms with E-state index >= 15 is 0 Å². The van der Waals surface area contributed by atoms with Crippen LogP contribution < -0.4 is 16.3 Å². The van der Waals surface area contributed by atoms with Crippen molar-refractivity contribution >= 4 is 27.5 Å². The standard InChI is InChI=1S/C9H8BrFN4O2/c10-6-3-5(1-2-7(6)11)15-8(4-13-17-15)9(12)14-16/h1-4,13,16H,(H2,12,14). The molecule has 0 aliphatic carbocycles. The highest BCUT2D eigenvalue weighted by Gasteiger charge is 2.22. The van der Waals surface area contributed by atoms with Gasteiger partial charge in [-0.15, -0.1) is 0 Å². The van der Waals surface area contributed by atoms with Gasteiger partial charge in [-0.3, -0.25) is 0 Å². The number of halogens is 2. The fraction of sp³-hybridized carbons (Fsp3) is 0. The molecule has 1 aliphatic heterocycles. The third-order valence-corrected chi connectivity index (χ3v) is 2.67. The molecule has 0 aromatic heterocycles. The van der Waals surface area contributed by atoms with Gasteiger partial charge in [0.1, 0.15) is 11.5 Å². The predicted molar refractivity (Wildman–Crippen MR) is 62.3 cm³/mol. The lowest BCUT2D eigenvalue weighted by atomic mass is 10.3. The molecule has 0 spiro atoms. The molecule has 6 nitrogen and oxygen atoms in total. The SMILES string of the molecule is N/C(=N/O)C1=CNON1c1ccc(F)c(Br)c1. The summed E-state index contributed by atoms with van der Waals surface area (Å²) < 4.78 is 13.4. The minimum atomic E-state index is -0.393. The van der Waals surface area contributed by atoms with Crippen LogP contribution in [0.25, 0.3) is 0 Å².